The van der Waals surface area contributed by atoms with E-state index in [-0.39, 0.29) is 35.7 Å². The molecule has 2 aliphatic rings. The average molecular weight is 468 g/mol. The first-order valence-electron chi connectivity index (χ1n) is 10.7. The lowest BCUT2D eigenvalue weighted by molar-refractivity contribution is -0.171. The predicted octanol–water partition coefficient (Wildman–Crippen LogP) is 3.48. The third-order valence-corrected chi connectivity index (χ3v) is 5.56. The van der Waals surface area contributed by atoms with Crippen LogP contribution >= 0.6 is 0 Å². The molecule has 3 rings (SSSR count). The zero-order valence-corrected chi connectivity index (χ0v) is 18.6. The van der Waals surface area contributed by atoms with Crippen molar-refractivity contribution < 1.29 is 32.3 Å². The lowest BCUT2D eigenvalue weighted by atomic mass is 9.89. The van der Waals surface area contributed by atoms with Gasteiger partial charge in [0.15, 0.2) is 0 Å². The summed E-state index contributed by atoms with van der Waals surface area (Å²) in [5.41, 5.74) is 0.269. The highest BCUT2D eigenvalue weighted by Gasteiger charge is 2.41. The Balaban J connectivity index is 1.74. The third kappa shape index (κ3) is 5.82. The maximum atomic E-state index is 13.2. The van der Waals surface area contributed by atoms with Gasteiger partial charge in [-0.2, -0.15) is 13.2 Å². The molecule has 1 aromatic carbocycles. The Morgan fingerprint density at radius 1 is 1.15 bits per heavy atom. The molecule has 1 unspecified atom stereocenters. The van der Waals surface area contributed by atoms with Crippen molar-refractivity contribution >= 4 is 23.7 Å². The van der Waals surface area contributed by atoms with Crippen LogP contribution in [-0.4, -0.2) is 52.5 Å². The largest absolute Gasteiger partial charge is 0.471 e. The highest BCUT2D eigenvalue weighted by atomic mass is 19.4. The molecule has 1 heterocycles. The molecule has 1 fully saturated rings. The summed E-state index contributed by atoms with van der Waals surface area (Å²) in [7, 11) is 0. The second kappa shape index (κ2) is 9.03. The zero-order chi connectivity index (χ0) is 24.6. The number of hydrogen-bond donors (Lipinski definition) is 3. The summed E-state index contributed by atoms with van der Waals surface area (Å²) in [6, 6.07) is 3.72. The van der Waals surface area contributed by atoms with Crippen molar-refractivity contribution in [1.29, 1.82) is 5.41 Å². The van der Waals surface area contributed by atoms with E-state index in [2.05, 4.69) is 5.32 Å². The van der Waals surface area contributed by atoms with Gasteiger partial charge in [0.05, 0.1) is 12.1 Å². The molecule has 1 aliphatic heterocycles. The van der Waals surface area contributed by atoms with Gasteiger partial charge in [-0.1, -0.05) is 25.0 Å². The van der Waals surface area contributed by atoms with Gasteiger partial charge in [0.2, 0.25) is 0 Å². The number of nitrogens with zero attached hydrogens (tertiary/aromatic N) is 1. The highest BCUT2D eigenvalue weighted by Crippen LogP contribution is 2.32. The number of hydrogen-bond acceptors (Lipinski definition) is 5. The summed E-state index contributed by atoms with van der Waals surface area (Å²) in [4.78, 5) is 38.2. The Labute approximate surface area is 189 Å². The molecule has 2 atom stereocenters. The Morgan fingerprint density at radius 3 is 2.45 bits per heavy atom. The maximum absolute atomic E-state index is 13.2. The first kappa shape index (κ1) is 24.5. The van der Waals surface area contributed by atoms with Gasteiger partial charge in [-0.3, -0.25) is 15.0 Å². The van der Waals surface area contributed by atoms with Crippen molar-refractivity contribution in [3.63, 3.8) is 0 Å². The molecular formula is C22H27F3N4O4. The number of ether oxygens (including phenoxy) is 1. The first-order valence-corrected chi connectivity index (χ1v) is 10.7. The van der Waals surface area contributed by atoms with E-state index >= 15 is 0 Å². The molecule has 0 bridgehead atoms. The second-order valence-electron chi connectivity index (χ2n) is 9.24. The molecule has 33 heavy (non-hydrogen) atoms. The molecule has 8 nitrogen and oxygen atoms in total. The standard InChI is InChI=1S/C22H27F3N4O4/c1-21(2,3)33-20(32)27-15-6-4-5-7-16(15)29-11-13-9-8-12(10-14(13)18(29)30)17(26)28-19(31)22(23,24)25/h8-10,15-16H,4-7,11H2,1-3H3,(H,27,32)(H2,26,28,31)/t15?,16-/m1/s1. The van der Waals surface area contributed by atoms with Crippen LogP contribution in [0.1, 0.15) is 67.9 Å². The van der Waals surface area contributed by atoms with Gasteiger partial charge < -0.3 is 20.3 Å². The monoisotopic (exact) mass is 468 g/mol. The molecule has 0 spiro atoms. The summed E-state index contributed by atoms with van der Waals surface area (Å²) in [5, 5.41) is 12.1. The molecule has 0 aromatic heterocycles. The number of nitrogens with one attached hydrogen (secondary N) is 3. The number of fused-ring (bicyclic) bond motifs is 1. The van der Waals surface area contributed by atoms with Crippen LogP contribution < -0.4 is 10.6 Å². The lowest BCUT2D eigenvalue weighted by Crippen LogP contribution is -2.54. The van der Waals surface area contributed by atoms with Crippen LogP contribution in [0, 0.1) is 5.41 Å². The minimum Gasteiger partial charge on any atom is -0.444 e. The molecule has 3 amide bonds. The average Bonchev–Trinajstić information content (AvgIpc) is 3.02. The summed E-state index contributed by atoms with van der Waals surface area (Å²) >= 11 is 0. The normalized spacial score (nSPS) is 20.8. The van der Waals surface area contributed by atoms with Crippen LogP contribution in [0.15, 0.2) is 18.2 Å². The van der Waals surface area contributed by atoms with Crippen molar-refractivity contribution in [2.24, 2.45) is 0 Å². The smallest absolute Gasteiger partial charge is 0.444 e. The molecule has 3 N–H and O–H groups in total. The number of amides is 3. The van der Waals surface area contributed by atoms with E-state index in [1.54, 1.807) is 31.7 Å². The highest BCUT2D eigenvalue weighted by molar-refractivity contribution is 6.09. The van der Waals surface area contributed by atoms with Crippen molar-refractivity contribution in [1.82, 2.24) is 15.5 Å². The molecule has 1 aliphatic carbocycles. The van der Waals surface area contributed by atoms with Crippen LogP contribution in [0.2, 0.25) is 0 Å². The van der Waals surface area contributed by atoms with Gasteiger partial charge in [0.25, 0.3) is 5.91 Å². The van der Waals surface area contributed by atoms with Gasteiger partial charge in [-0.25, -0.2) is 4.79 Å². The minimum absolute atomic E-state index is 0.00590. The maximum Gasteiger partial charge on any atom is 0.471 e. The number of alkyl halides is 3. The van der Waals surface area contributed by atoms with Crippen LogP contribution in [-0.2, 0) is 16.1 Å². The molecule has 180 valence electrons. The van der Waals surface area contributed by atoms with Crippen LogP contribution in [0.4, 0.5) is 18.0 Å². The van der Waals surface area contributed by atoms with Crippen LogP contribution in [0.3, 0.4) is 0 Å². The van der Waals surface area contributed by atoms with Gasteiger partial charge in [-0.15, -0.1) is 0 Å². The molecule has 0 radical (unpaired) electrons. The van der Waals surface area contributed by atoms with E-state index in [9.17, 15) is 27.6 Å². The van der Waals surface area contributed by atoms with Gasteiger partial charge >= 0.3 is 18.2 Å². The van der Waals surface area contributed by atoms with Crippen molar-refractivity contribution in [3.05, 3.63) is 34.9 Å². The van der Waals surface area contributed by atoms with E-state index in [1.807, 2.05) is 0 Å². The summed E-state index contributed by atoms with van der Waals surface area (Å²) in [6.45, 7) is 5.57. The lowest BCUT2D eigenvalue weighted by Gasteiger charge is -2.38. The topological polar surface area (TPSA) is 112 Å². The molecular weight excluding hydrogens is 441 g/mol. The molecule has 1 aromatic rings. The number of carbonyl (C=O) groups excluding carboxylic acids is 3. The Bertz CT molecular complexity index is 971. The molecule has 1 saturated carbocycles. The molecule has 0 saturated heterocycles. The van der Waals surface area contributed by atoms with Crippen molar-refractivity contribution in [2.75, 3.05) is 0 Å². The summed E-state index contributed by atoms with van der Waals surface area (Å²) in [5.74, 6) is -3.32. The third-order valence-electron chi connectivity index (χ3n) is 5.56. The Morgan fingerprint density at radius 2 is 1.82 bits per heavy atom. The predicted molar refractivity (Wildman–Crippen MR) is 113 cm³/mol. The summed E-state index contributed by atoms with van der Waals surface area (Å²) in [6.07, 6.45) is -2.52. The number of amidine groups is 1. The van der Waals surface area contributed by atoms with Gasteiger partial charge in [0.1, 0.15) is 11.4 Å². The van der Waals surface area contributed by atoms with E-state index in [1.165, 1.54) is 17.4 Å². The minimum atomic E-state index is -5.12. The SMILES string of the molecule is CC(C)(C)OC(=O)NC1CCCC[C@H]1N1Cc2ccc(C(=N)NC(=O)C(F)(F)F)cc2C1=O. The number of benzene rings is 1. The van der Waals surface area contributed by atoms with E-state index in [0.717, 1.165) is 12.8 Å². The Hall–Kier alpha value is -3.11. The van der Waals surface area contributed by atoms with Crippen molar-refractivity contribution in [3.8, 4) is 0 Å². The van der Waals surface area contributed by atoms with Crippen molar-refractivity contribution in [2.45, 2.75) is 76.9 Å². The summed E-state index contributed by atoms with van der Waals surface area (Å²) < 4.78 is 42.8. The van der Waals surface area contributed by atoms with E-state index < -0.39 is 29.6 Å². The van der Waals surface area contributed by atoms with Gasteiger partial charge in [0, 0.05) is 17.7 Å². The van der Waals surface area contributed by atoms with E-state index in [0.29, 0.717) is 18.4 Å². The number of rotatable bonds is 3. The Kier molecular flexibility index (Phi) is 6.71. The van der Waals surface area contributed by atoms with E-state index in [4.69, 9.17) is 10.1 Å². The number of halogens is 3. The molecule has 11 heteroatoms. The van der Waals surface area contributed by atoms with Crippen LogP contribution in [0.5, 0.6) is 0 Å². The number of carbonyl (C=O) groups is 3. The fourth-order valence-electron chi connectivity index (χ4n) is 4.12. The van der Waals surface area contributed by atoms with Gasteiger partial charge in [-0.05, 0) is 45.2 Å². The first-order chi connectivity index (χ1) is 15.3. The quantitative estimate of drug-likeness (QED) is 0.466. The second-order valence-corrected chi connectivity index (χ2v) is 9.24. The zero-order valence-electron chi connectivity index (χ0n) is 18.6. The van der Waals surface area contributed by atoms with Crippen LogP contribution in [0.25, 0.3) is 0 Å². The fraction of sp³-hybridized carbons (Fsp3) is 0.545. The number of alkyl carbamates (subject to hydrolysis) is 1. The fourth-order valence-corrected chi connectivity index (χ4v) is 4.12.